The average molecular weight is 272 g/mol. The van der Waals surface area contributed by atoms with Gasteiger partial charge in [-0.05, 0) is 38.1 Å². The van der Waals surface area contributed by atoms with E-state index >= 15 is 0 Å². The highest BCUT2D eigenvalue weighted by atomic mass is 15.3. The van der Waals surface area contributed by atoms with Gasteiger partial charge in [-0.1, -0.05) is 24.3 Å². The largest absolute Gasteiger partial charge is 0.326 e. The Kier molecular flexibility index (Phi) is 4.93. The van der Waals surface area contributed by atoms with E-state index in [0.717, 1.165) is 25.3 Å². The van der Waals surface area contributed by atoms with Crippen LogP contribution < -0.4 is 5.73 Å². The Labute approximate surface area is 121 Å². The van der Waals surface area contributed by atoms with Gasteiger partial charge in [0.1, 0.15) is 0 Å². The first-order valence-corrected chi connectivity index (χ1v) is 7.12. The maximum Gasteiger partial charge on any atom is 0.0597 e. The maximum atomic E-state index is 5.80. The minimum Gasteiger partial charge on any atom is -0.326 e. The molecule has 0 saturated carbocycles. The van der Waals surface area contributed by atoms with Crippen LogP contribution in [0.4, 0.5) is 0 Å². The molecule has 1 aromatic heterocycles. The predicted molar refractivity (Wildman–Crippen MR) is 82.1 cm³/mol. The highest BCUT2D eigenvalue weighted by Gasteiger charge is 2.09. The van der Waals surface area contributed by atoms with Crippen molar-refractivity contribution in [3.63, 3.8) is 0 Å². The van der Waals surface area contributed by atoms with Crippen LogP contribution in [0.3, 0.4) is 0 Å². The highest BCUT2D eigenvalue weighted by molar-refractivity contribution is 5.26. The molecule has 0 atom stereocenters. The second-order valence-electron chi connectivity index (χ2n) is 5.24. The summed E-state index contributed by atoms with van der Waals surface area (Å²) >= 11 is 0. The molecule has 2 N–H and O–H groups in total. The average Bonchev–Trinajstić information content (AvgIpc) is 2.79. The Morgan fingerprint density at radius 3 is 2.55 bits per heavy atom. The molecule has 1 aromatic carbocycles. The van der Waals surface area contributed by atoms with E-state index in [9.17, 15) is 0 Å². The molecule has 0 amide bonds. The van der Waals surface area contributed by atoms with Gasteiger partial charge in [0.25, 0.3) is 0 Å². The molecule has 0 aliphatic carbocycles. The van der Waals surface area contributed by atoms with Crippen LogP contribution in [0.25, 0.3) is 0 Å². The molecule has 4 heteroatoms. The molecular weight excluding hydrogens is 248 g/mol. The lowest BCUT2D eigenvalue weighted by Crippen LogP contribution is -2.20. The van der Waals surface area contributed by atoms with Crippen LogP contribution in [0.5, 0.6) is 0 Å². The van der Waals surface area contributed by atoms with Gasteiger partial charge in [-0.2, -0.15) is 5.10 Å². The molecule has 0 aliphatic rings. The van der Waals surface area contributed by atoms with Gasteiger partial charge in [-0.25, -0.2) is 0 Å². The summed E-state index contributed by atoms with van der Waals surface area (Å²) in [6, 6.07) is 10.5. The van der Waals surface area contributed by atoms with E-state index < -0.39 is 0 Å². The molecule has 0 fully saturated rings. The lowest BCUT2D eigenvalue weighted by molar-refractivity contribution is 0.306. The molecule has 0 spiro atoms. The zero-order valence-electron chi connectivity index (χ0n) is 12.6. The third-order valence-corrected chi connectivity index (χ3v) is 3.50. The summed E-state index contributed by atoms with van der Waals surface area (Å²) in [7, 11) is 2.13. The summed E-state index contributed by atoms with van der Waals surface area (Å²) in [5.41, 5.74) is 10.7. The molecule has 108 valence electrons. The lowest BCUT2D eigenvalue weighted by atomic mass is 10.1. The van der Waals surface area contributed by atoms with Crippen molar-refractivity contribution >= 4 is 0 Å². The smallest absolute Gasteiger partial charge is 0.0597 e. The number of hydrogen-bond acceptors (Lipinski definition) is 3. The van der Waals surface area contributed by atoms with Crippen LogP contribution in [0.1, 0.15) is 29.4 Å². The van der Waals surface area contributed by atoms with Crippen LogP contribution in [0, 0.1) is 6.92 Å². The first kappa shape index (κ1) is 14.8. The fourth-order valence-corrected chi connectivity index (χ4v) is 2.53. The van der Waals surface area contributed by atoms with Crippen LogP contribution in [0.15, 0.2) is 30.3 Å². The molecule has 1 heterocycles. The SMILES string of the molecule is CCn1nc(C)cc1CN(C)Cc1ccccc1CN. The van der Waals surface area contributed by atoms with E-state index in [1.165, 1.54) is 16.8 Å². The molecule has 4 nitrogen and oxygen atoms in total. The molecule has 0 aliphatic heterocycles. The Hall–Kier alpha value is -1.65. The summed E-state index contributed by atoms with van der Waals surface area (Å²) < 4.78 is 2.07. The van der Waals surface area contributed by atoms with Crippen molar-refractivity contribution in [1.82, 2.24) is 14.7 Å². The molecule has 20 heavy (non-hydrogen) atoms. The zero-order valence-corrected chi connectivity index (χ0v) is 12.6. The minimum atomic E-state index is 0.593. The predicted octanol–water partition coefficient (Wildman–Crippen LogP) is 2.30. The Morgan fingerprint density at radius 1 is 1.20 bits per heavy atom. The Bertz CT molecular complexity index is 559. The number of nitrogens with two attached hydrogens (primary N) is 1. The molecule has 2 aromatic rings. The van der Waals surface area contributed by atoms with Gasteiger partial charge in [0.15, 0.2) is 0 Å². The summed E-state index contributed by atoms with van der Waals surface area (Å²) in [6.45, 7) is 7.47. The zero-order chi connectivity index (χ0) is 14.5. The van der Waals surface area contributed by atoms with Gasteiger partial charge in [-0.15, -0.1) is 0 Å². The highest BCUT2D eigenvalue weighted by Crippen LogP contribution is 2.13. The van der Waals surface area contributed by atoms with Crippen molar-refractivity contribution in [2.24, 2.45) is 5.73 Å². The van der Waals surface area contributed by atoms with Crippen molar-refractivity contribution in [2.75, 3.05) is 7.05 Å². The van der Waals surface area contributed by atoms with Gasteiger partial charge in [0.2, 0.25) is 0 Å². The molecule has 0 radical (unpaired) electrons. The van der Waals surface area contributed by atoms with Crippen LogP contribution in [-0.2, 0) is 26.2 Å². The number of benzene rings is 1. The second kappa shape index (κ2) is 6.68. The van der Waals surface area contributed by atoms with Crippen LogP contribution >= 0.6 is 0 Å². The van der Waals surface area contributed by atoms with Gasteiger partial charge in [-0.3, -0.25) is 9.58 Å². The van der Waals surface area contributed by atoms with E-state index in [2.05, 4.69) is 52.9 Å². The van der Waals surface area contributed by atoms with Crippen molar-refractivity contribution in [1.29, 1.82) is 0 Å². The quantitative estimate of drug-likeness (QED) is 0.877. The van der Waals surface area contributed by atoms with E-state index in [0.29, 0.717) is 6.54 Å². The van der Waals surface area contributed by atoms with Crippen LogP contribution in [-0.4, -0.2) is 21.7 Å². The number of aryl methyl sites for hydroxylation is 2. The molecule has 0 saturated heterocycles. The Morgan fingerprint density at radius 2 is 1.90 bits per heavy atom. The lowest BCUT2D eigenvalue weighted by Gasteiger charge is -2.19. The summed E-state index contributed by atoms with van der Waals surface area (Å²) in [6.07, 6.45) is 0. The molecule has 0 bridgehead atoms. The number of aromatic nitrogens is 2. The third kappa shape index (κ3) is 3.46. The summed E-state index contributed by atoms with van der Waals surface area (Å²) in [5.74, 6) is 0. The summed E-state index contributed by atoms with van der Waals surface area (Å²) in [4.78, 5) is 2.30. The minimum absolute atomic E-state index is 0.593. The van der Waals surface area contributed by atoms with Gasteiger partial charge >= 0.3 is 0 Å². The first-order valence-electron chi connectivity index (χ1n) is 7.12. The molecule has 2 rings (SSSR count). The standard InChI is InChI=1S/C16H24N4/c1-4-20-16(9-13(2)18-20)12-19(3)11-15-8-6-5-7-14(15)10-17/h5-9H,4,10-12,17H2,1-3H3. The van der Waals surface area contributed by atoms with E-state index in [1.807, 2.05) is 13.0 Å². The van der Waals surface area contributed by atoms with Crippen molar-refractivity contribution < 1.29 is 0 Å². The Balaban J connectivity index is 2.06. The van der Waals surface area contributed by atoms with Crippen molar-refractivity contribution in [2.45, 2.75) is 40.0 Å². The number of rotatable bonds is 6. The van der Waals surface area contributed by atoms with Crippen LogP contribution in [0.2, 0.25) is 0 Å². The fourth-order valence-electron chi connectivity index (χ4n) is 2.53. The topological polar surface area (TPSA) is 47.1 Å². The number of nitrogens with zero attached hydrogens (tertiary/aromatic N) is 3. The van der Waals surface area contributed by atoms with Crippen molar-refractivity contribution in [3.8, 4) is 0 Å². The monoisotopic (exact) mass is 272 g/mol. The normalized spacial score (nSPS) is 11.2. The van der Waals surface area contributed by atoms with Gasteiger partial charge in [0.05, 0.1) is 11.4 Å². The summed E-state index contributed by atoms with van der Waals surface area (Å²) in [5, 5.41) is 4.49. The molecule has 0 unspecified atom stereocenters. The second-order valence-corrected chi connectivity index (χ2v) is 5.24. The van der Waals surface area contributed by atoms with Gasteiger partial charge < -0.3 is 5.73 Å². The molecular formula is C16H24N4. The van der Waals surface area contributed by atoms with Gasteiger partial charge in [0, 0.05) is 26.2 Å². The van der Waals surface area contributed by atoms with E-state index in [-0.39, 0.29) is 0 Å². The fraction of sp³-hybridized carbons (Fsp3) is 0.438. The maximum absolute atomic E-state index is 5.80. The third-order valence-electron chi connectivity index (χ3n) is 3.50. The van der Waals surface area contributed by atoms with E-state index in [4.69, 9.17) is 5.73 Å². The number of hydrogen-bond donors (Lipinski definition) is 1. The van der Waals surface area contributed by atoms with Crippen molar-refractivity contribution in [3.05, 3.63) is 52.8 Å². The first-order chi connectivity index (χ1) is 9.63. The van der Waals surface area contributed by atoms with E-state index in [1.54, 1.807) is 0 Å².